The summed E-state index contributed by atoms with van der Waals surface area (Å²) in [6, 6.07) is 7.09. The summed E-state index contributed by atoms with van der Waals surface area (Å²) in [5, 5.41) is 5.56. The van der Waals surface area contributed by atoms with Crippen molar-refractivity contribution in [3.63, 3.8) is 0 Å². The van der Waals surface area contributed by atoms with Crippen LogP contribution in [0.25, 0.3) is 0 Å². The third kappa shape index (κ3) is 5.75. The van der Waals surface area contributed by atoms with Crippen LogP contribution >= 0.6 is 11.6 Å². The van der Waals surface area contributed by atoms with Crippen LogP contribution in [-0.2, 0) is 9.59 Å². The van der Waals surface area contributed by atoms with Gasteiger partial charge in [0, 0.05) is 29.6 Å². The van der Waals surface area contributed by atoms with E-state index in [2.05, 4.69) is 10.6 Å². The third-order valence-electron chi connectivity index (χ3n) is 2.48. The molecule has 0 unspecified atom stereocenters. The van der Waals surface area contributed by atoms with E-state index < -0.39 is 0 Å². The highest BCUT2D eigenvalue weighted by atomic mass is 35.5. The molecule has 0 aliphatic heterocycles. The lowest BCUT2D eigenvalue weighted by molar-refractivity contribution is -0.119. The maximum Gasteiger partial charge on any atom is 0.226 e. The van der Waals surface area contributed by atoms with Gasteiger partial charge < -0.3 is 10.6 Å². The maximum absolute atomic E-state index is 11.6. The number of anilines is 2. The Morgan fingerprint density at radius 1 is 1.21 bits per heavy atom. The summed E-state index contributed by atoms with van der Waals surface area (Å²) >= 11 is 5.53. The summed E-state index contributed by atoms with van der Waals surface area (Å²) in [7, 11) is 0. The van der Waals surface area contributed by atoms with Gasteiger partial charge in [-0.3, -0.25) is 9.59 Å². The minimum Gasteiger partial charge on any atom is -0.326 e. The molecule has 1 rings (SSSR count). The fraction of sp³-hybridized carbons (Fsp3) is 0.429. The molecule has 19 heavy (non-hydrogen) atoms. The van der Waals surface area contributed by atoms with E-state index in [1.54, 1.807) is 24.3 Å². The Morgan fingerprint density at radius 2 is 1.84 bits per heavy atom. The Balaban J connectivity index is 2.61. The lowest BCUT2D eigenvalue weighted by Gasteiger charge is -2.10. The molecule has 104 valence electrons. The van der Waals surface area contributed by atoms with Crippen LogP contribution in [0.5, 0.6) is 0 Å². The molecule has 1 aromatic rings. The molecule has 0 aliphatic rings. The SMILES string of the molecule is CC(C)C(=O)Nc1cccc(NC(=O)CCCCl)c1. The Bertz CT molecular complexity index is 447. The molecule has 0 heterocycles. The van der Waals surface area contributed by atoms with Crippen LogP contribution in [0.15, 0.2) is 24.3 Å². The van der Waals surface area contributed by atoms with E-state index in [0.717, 1.165) is 0 Å². The molecule has 0 saturated heterocycles. The Labute approximate surface area is 118 Å². The van der Waals surface area contributed by atoms with Gasteiger partial charge in [-0.05, 0) is 24.6 Å². The Kier molecular flexibility index (Phi) is 6.36. The topological polar surface area (TPSA) is 58.2 Å². The number of halogens is 1. The van der Waals surface area contributed by atoms with Crippen LogP contribution in [0, 0.1) is 5.92 Å². The molecule has 0 aliphatic carbocycles. The molecule has 4 nitrogen and oxygen atoms in total. The van der Waals surface area contributed by atoms with Gasteiger partial charge in [-0.1, -0.05) is 19.9 Å². The number of hydrogen-bond acceptors (Lipinski definition) is 2. The van der Waals surface area contributed by atoms with Crippen molar-refractivity contribution in [3.05, 3.63) is 24.3 Å². The van der Waals surface area contributed by atoms with Crippen LogP contribution in [0.3, 0.4) is 0 Å². The summed E-state index contributed by atoms with van der Waals surface area (Å²) < 4.78 is 0. The summed E-state index contributed by atoms with van der Waals surface area (Å²) in [6.07, 6.45) is 1.04. The van der Waals surface area contributed by atoms with Gasteiger partial charge in [-0.25, -0.2) is 0 Å². The lowest BCUT2D eigenvalue weighted by atomic mass is 10.2. The van der Waals surface area contributed by atoms with E-state index in [0.29, 0.717) is 30.1 Å². The number of carbonyl (C=O) groups is 2. The van der Waals surface area contributed by atoms with E-state index in [4.69, 9.17) is 11.6 Å². The summed E-state index contributed by atoms with van der Waals surface area (Å²) in [4.78, 5) is 23.1. The van der Waals surface area contributed by atoms with Gasteiger partial charge in [-0.15, -0.1) is 11.6 Å². The summed E-state index contributed by atoms with van der Waals surface area (Å²) in [5.41, 5.74) is 1.34. The Morgan fingerprint density at radius 3 is 2.42 bits per heavy atom. The average Bonchev–Trinajstić information content (AvgIpc) is 2.36. The number of nitrogens with one attached hydrogen (secondary N) is 2. The monoisotopic (exact) mass is 282 g/mol. The van der Waals surface area contributed by atoms with Crippen molar-refractivity contribution in [2.45, 2.75) is 26.7 Å². The number of hydrogen-bond donors (Lipinski definition) is 2. The first-order valence-corrected chi connectivity index (χ1v) is 6.83. The van der Waals surface area contributed by atoms with Crippen LogP contribution in [0.1, 0.15) is 26.7 Å². The minimum atomic E-state index is -0.0815. The zero-order valence-corrected chi connectivity index (χ0v) is 12.0. The van der Waals surface area contributed by atoms with Crippen molar-refractivity contribution in [1.82, 2.24) is 0 Å². The van der Waals surface area contributed by atoms with Gasteiger partial charge in [0.15, 0.2) is 0 Å². The molecular formula is C14H19ClN2O2. The molecular weight excluding hydrogens is 264 g/mol. The molecule has 5 heteroatoms. The van der Waals surface area contributed by atoms with Crippen molar-refractivity contribution in [2.75, 3.05) is 16.5 Å². The van der Waals surface area contributed by atoms with Crippen molar-refractivity contribution in [3.8, 4) is 0 Å². The highest BCUT2D eigenvalue weighted by molar-refractivity contribution is 6.18. The normalized spacial score (nSPS) is 10.3. The van der Waals surface area contributed by atoms with Gasteiger partial charge in [0.1, 0.15) is 0 Å². The van der Waals surface area contributed by atoms with Crippen molar-refractivity contribution in [2.24, 2.45) is 5.92 Å². The van der Waals surface area contributed by atoms with Crippen LogP contribution in [0.4, 0.5) is 11.4 Å². The highest BCUT2D eigenvalue weighted by Crippen LogP contribution is 2.16. The molecule has 0 fully saturated rings. The zero-order chi connectivity index (χ0) is 14.3. The van der Waals surface area contributed by atoms with E-state index >= 15 is 0 Å². The van der Waals surface area contributed by atoms with Crippen molar-refractivity contribution in [1.29, 1.82) is 0 Å². The predicted octanol–water partition coefficient (Wildman–Crippen LogP) is 3.24. The molecule has 1 aromatic carbocycles. The third-order valence-corrected chi connectivity index (χ3v) is 2.74. The van der Waals surface area contributed by atoms with Gasteiger partial charge in [0.2, 0.25) is 11.8 Å². The largest absolute Gasteiger partial charge is 0.326 e. The number of alkyl halides is 1. The van der Waals surface area contributed by atoms with Gasteiger partial charge in [0.25, 0.3) is 0 Å². The predicted molar refractivity (Wildman–Crippen MR) is 78.5 cm³/mol. The summed E-state index contributed by atoms with van der Waals surface area (Å²) in [5.74, 6) is 0.262. The lowest BCUT2D eigenvalue weighted by Crippen LogP contribution is -2.18. The fourth-order valence-corrected chi connectivity index (χ4v) is 1.55. The van der Waals surface area contributed by atoms with Crippen molar-refractivity contribution < 1.29 is 9.59 Å². The molecule has 2 N–H and O–H groups in total. The second kappa shape index (κ2) is 7.79. The molecule has 0 aromatic heterocycles. The van der Waals surface area contributed by atoms with Crippen LogP contribution < -0.4 is 10.6 Å². The van der Waals surface area contributed by atoms with E-state index in [-0.39, 0.29) is 17.7 Å². The van der Waals surface area contributed by atoms with E-state index in [9.17, 15) is 9.59 Å². The first-order chi connectivity index (χ1) is 9.02. The van der Waals surface area contributed by atoms with E-state index in [1.807, 2.05) is 13.8 Å². The first kappa shape index (κ1) is 15.5. The second-order valence-electron chi connectivity index (χ2n) is 4.57. The molecule has 0 bridgehead atoms. The second-order valence-corrected chi connectivity index (χ2v) is 4.94. The average molecular weight is 283 g/mol. The van der Waals surface area contributed by atoms with Crippen molar-refractivity contribution >= 4 is 34.8 Å². The molecule has 0 spiro atoms. The zero-order valence-electron chi connectivity index (χ0n) is 11.2. The number of benzene rings is 1. The number of amides is 2. The van der Waals surface area contributed by atoms with E-state index in [1.165, 1.54) is 0 Å². The number of carbonyl (C=O) groups excluding carboxylic acids is 2. The number of rotatable bonds is 6. The highest BCUT2D eigenvalue weighted by Gasteiger charge is 2.08. The minimum absolute atomic E-state index is 0.0504. The fourth-order valence-electron chi connectivity index (χ4n) is 1.41. The van der Waals surface area contributed by atoms with Crippen LogP contribution in [-0.4, -0.2) is 17.7 Å². The van der Waals surface area contributed by atoms with Gasteiger partial charge in [-0.2, -0.15) is 0 Å². The molecule has 0 radical (unpaired) electrons. The quantitative estimate of drug-likeness (QED) is 0.787. The maximum atomic E-state index is 11.6. The summed E-state index contributed by atoms with van der Waals surface area (Å²) in [6.45, 7) is 3.65. The Hall–Kier alpha value is -1.55. The molecule has 2 amide bonds. The van der Waals surface area contributed by atoms with Gasteiger partial charge >= 0.3 is 0 Å². The van der Waals surface area contributed by atoms with Crippen LogP contribution in [0.2, 0.25) is 0 Å². The first-order valence-electron chi connectivity index (χ1n) is 6.29. The molecule has 0 saturated carbocycles. The smallest absolute Gasteiger partial charge is 0.226 e. The van der Waals surface area contributed by atoms with Gasteiger partial charge in [0.05, 0.1) is 0 Å². The molecule has 0 atom stereocenters. The standard InChI is InChI=1S/C14H19ClN2O2/c1-10(2)14(19)17-12-6-3-5-11(9-12)16-13(18)7-4-8-15/h3,5-6,9-10H,4,7-8H2,1-2H3,(H,16,18)(H,17,19).